The van der Waals surface area contributed by atoms with E-state index in [1.54, 1.807) is 24.8 Å². The van der Waals surface area contributed by atoms with E-state index in [1.165, 1.54) is 19.2 Å². The molecule has 1 saturated carbocycles. The molecular formula is C14H14N4O. The number of rotatable bonds is 4. The lowest BCUT2D eigenvalue weighted by molar-refractivity contribution is 0.0951. The molecule has 1 aliphatic carbocycles. The highest BCUT2D eigenvalue weighted by atomic mass is 16.1. The van der Waals surface area contributed by atoms with Gasteiger partial charge in [-0.15, -0.1) is 0 Å². The summed E-state index contributed by atoms with van der Waals surface area (Å²) in [5.41, 5.74) is 2.27. The Labute approximate surface area is 111 Å². The Balaban J connectivity index is 1.77. The predicted molar refractivity (Wildman–Crippen MR) is 70.3 cm³/mol. The van der Waals surface area contributed by atoms with Gasteiger partial charge in [0.2, 0.25) is 0 Å². The molecule has 0 aliphatic heterocycles. The number of hydrogen-bond acceptors (Lipinski definition) is 4. The molecular weight excluding hydrogens is 240 g/mol. The molecule has 0 saturated heterocycles. The van der Waals surface area contributed by atoms with Gasteiger partial charge in [-0.2, -0.15) is 0 Å². The topological polar surface area (TPSA) is 67.8 Å². The van der Waals surface area contributed by atoms with Gasteiger partial charge in [0.05, 0.1) is 5.56 Å². The van der Waals surface area contributed by atoms with Crippen LogP contribution in [0.15, 0.2) is 37.2 Å². The molecule has 3 rings (SSSR count). The van der Waals surface area contributed by atoms with E-state index in [2.05, 4.69) is 20.3 Å². The molecule has 19 heavy (non-hydrogen) atoms. The van der Waals surface area contributed by atoms with Crippen molar-refractivity contribution in [3.05, 3.63) is 42.7 Å². The minimum absolute atomic E-state index is 0.0712. The van der Waals surface area contributed by atoms with E-state index >= 15 is 0 Å². The van der Waals surface area contributed by atoms with Gasteiger partial charge >= 0.3 is 0 Å². The normalized spacial score (nSPS) is 14.1. The van der Waals surface area contributed by atoms with Gasteiger partial charge in [-0.3, -0.25) is 9.78 Å². The maximum Gasteiger partial charge on any atom is 0.252 e. The number of pyridine rings is 1. The highest BCUT2D eigenvalue weighted by molar-refractivity contribution is 5.95. The van der Waals surface area contributed by atoms with Gasteiger partial charge in [-0.25, -0.2) is 9.97 Å². The molecule has 2 aromatic heterocycles. The van der Waals surface area contributed by atoms with Gasteiger partial charge in [-0.05, 0) is 24.8 Å². The molecule has 1 amide bonds. The maximum atomic E-state index is 12.0. The van der Waals surface area contributed by atoms with Crippen molar-refractivity contribution in [1.29, 1.82) is 0 Å². The summed E-state index contributed by atoms with van der Waals surface area (Å²) in [5.74, 6) is 0.598. The summed E-state index contributed by atoms with van der Waals surface area (Å²) >= 11 is 0. The monoisotopic (exact) mass is 254 g/mol. The lowest BCUT2D eigenvalue weighted by Crippen LogP contribution is -2.25. The Bertz CT molecular complexity index is 581. The fourth-order valence-electron chi connectivity index (χ4n) is 1.83. The zero-order chi connectivity index (χ0) is 13.1. The summed E-state index contributed by atoms with van der Waals surface area (Å²) in [5, 5.41) is 2.93. The van der Waals surface area contributed by atoms with E-state index in [4.69, 9.17) is 0 Å². The standard InChI is InChI=1S/C14H14N4O/c19-14(18-4-10-1-2-10)12-3-11(5-15-6-12)13-7-16-9-17-8-13/h3,5-10H,1-2,4H2,(H,18,19). The first kappa shape index (κ1) is 11.8. The van der Waals surface area contributed by atoms with Crippen molar-refractivity contribution < 1.29 is 4.79 Å². The molecule has 0 aromatic carbocycles. The zero-order valence-electron chi connectivity index (χ0n) is 10.4. The van der Waals surface area contributed by atoms with Gasteiger partial charge in [0.1, 0.15) is 6.33 Å². The summed E-state index contributed by atoms with van der Waals surface area (Å²) < 4.78 is 0. The molecule has 96 valence electrons. The Morgan fingerprint density at radius 1 is 1.11 bits per heavy atom. The van der Waals surface area contributed by atoms with Crippen LogP contribution in [0.25, 0.3) is 11.1 Å². The van der Waals surface area contributed by atoms with E-state index in [0.29, 0.717) is 11.5 Å². The molecule has 2 heterocycles. The van der Waals surface area contributed by atoms with E-state index < -0.39 is 0 Å². The summed E-state index contributed by atoms with van der Waals surface area (Å²) in [7, 11) is 0. The van der Waals surface area contributed by atoms with Crippen LogP contribution in [0, 0.1) is 5.92 Å². The lowest BCUT2D eigenvalue weighted by Gasteiger charge is -2.05. The first-order valence-corrected chi connectivity index (χ1v) is 6.31. The van der Waals surface area contributed by atoms with Crippen LogP contribution in [0.1, 0.15) is 23.2 Å². The van der Waals surface area contributed by atoms with Crippen molar-refractivity contribution in [3.63, 3.8) is 0 Å². The molecule has 0 bridgehead atoms. The largest absolute Gasteiger partial charge is 0.352 e. The number of nitrogens with one attached hydrogen (secondary N) is 1. The summed E-state index contributed by atoms with van der Waals surface area (Å²) in [6.07, 6.45) is 10.6. The second-order valence-corrected chi connectivity index (χ2v) is 4.74. The Morgan fingerprint density at radius 2 is 1.84 bits per heavy atom. The zero-order valence-corrected chi connectivity index (χ0v) is 10.4. The quantitative estimate of drug-likeness (QED) is 0.901. The SMILES string of the molecule is O=C(NCC1CC1)c1cncc(-c2cncnc2)c1. The van der Waals surface area contributed by atoms with Crippen molar-refractivity contribution in [2.75, 3.05) is 6.54 Å². The van der Waals surface area contributed by atoms with Gasteiger partial charge < -0.3 is 5.32 Å². The number of hydrogen-bond donors (Lipinski definition) is 1. The Hall–Kier alpha value is -2.30. The van der Waals surface area contributed by atoms with Crippen LogP contribution in [0.4, 0.5) is 0 Å². The molecule has 0 unspecified atom stereocenters. The third-order valence-corrected chi connectivity index (χ3v) is 3.14. The van der Waals surface area contributed by atoms with Crippen LogP contribution in [-0.2, 0) is 0 Å². The molecule has 1 fully saturated rings. The minimum atomic E-state index is -0.0712. The third kappa shape index (κ3) is 2.93. The third-order valence-electron chi connectivity index (χ3n) is 3.14. The van der Waals surface area contributed by atoms with Gasteiger partial charge in [0.15, 0.2) is 0 Å². The molecule has 0 radical (unpaired) electrons. The van der Waals surface area contributed by atoms with Crippen LogP contribution in [0.2, 0.25) is 0 Å². The molecule has 0 spiro atoms. The van der Waals surface area contributed by atoms with Gasteiger partial charge in [0.25, 0.3) is 5.91 Å². The molecule has 5 heteroatoms. The summed E-state index contributed by atoms with van der Waals surface area (Å²) in [6, 6.07) is 1.81. The summed E-state index contributed by atoms with van der Waals surface area (Å²) in [6.45, 7) is 0.761. The van der Waals surface area contributed by atoms with Crippen LogP contribution in [0.5, 0.6) is 0 Å². The number of carbonyl (C=O) groups excluding carboxylic acids is 1. The first-order valence-electron chi connectivity index (χ1n) is 6.31. The number of amides is 1. The fraction of sp³-hybridized carbons (Fsp3) is 0.286. The van der Waals surface area contributed by atoms with Crippen molar-refractivity contribution in [2.45, 2.75) is 12.8 Å². The number of nitrogens with zero attached hydrogens (tertiary/aromatic N) is 3. The van der Waals surface area contributed by atoms with Crippen molar-refractivity contribution in [1.82, 2.24) is 20.3 Å². The van der Waals surface area contributed by atoms with E-state index in [1.807, 2.05) is 6.07 Å². The highest BCUT2D eigenvalue weighted by Gasteiger charge is 2.21. The smallest absolute Gasteiger partial charge is 0.252 e. The first-order chi connectivity index (χ1) is 9.33. The van der Waals surface area contributed by atoms with Crippen LogP contribution in [-0.4, -0.2) is 27.4 Å². The average Bonchev–Trinajstić information content (AvgIpc) is 3.30. The molecule has 1 aliphatic rings. The van der Waals surface area contributed by atoms with Gasteiger partial charge in [-0.1, -0.05) is 0 Å². The molecule has 5 nitrogen and oxygen atoms in total. The van der Waals surface area contributed by atoms with Crippen LogP contribution >= 0.6 is 0 Å². The van der Waals surface area contributed by atoms with Crippen molar-refractivity contribution in [3.8, 4) is 11.1 Å². The average molecular weight is 254 g/mol. The van der Waals surface area contributed by atoms with Crippen LogP contribution in [0.3, 0.4) is 0 Å². The lowest BCUT2D eigenvalue weighted by atomic mass is 10.1. The predicted octanol–water partition coefficient (Wildman–Crippen LogP) is 1.68. The van der Waals surface area contributed by atoms with E-state index in [0.717, 1.165) is 17.7 Å². The fourth-order valence-corrected chi connectivity index (χ4v) is 1.83. The van der Waals surface area contributed by atoms with E-state index in [9.17, 15) is 4.79 Å². The van der Waals surface area contributed by atoms with Crippen molar-refractivity contribution >= 4 is 5.91 Å². The maximum absolute atomic E-state index is 12.0. The minimum Gasteiger partial charge on any atom is -0.352 e. The van der Waals surface area contributed by atoms with Gasteiger partial charge in [0, 0.05) is 42.5 Å². The summed E-state index contributed by atoms with van der Waals surface area (Å²) in [4.78, 5) is 24.0. The number of aromatic nitrogens is 3. The molecule has 1 N–H and O–H groups in total. The molecule has 2 aromatic rings. The Kier molecular flexibility index (Phi) is 3.18. The second kappa shape index (κ2) is 5.14. The Morgan fingerprint density at radius 3 is 2.58 bits per heavy atom. The molecule has 0 atom stereocenters. The second-order valence-electron chi connectivity index (χ2n) is 4.74. The number of carbonyl (C=O) groups is 1. The highest BCUT2D eigenvalue weighted by Crippen LogP contribution is 2.27. The van der Waals surface area contributed by atoms with E-state index in [-0.39, 0.29) is 5.91 Å². The van der Waals surface area contributed by atoms with Crippen LogP contribution < -0.4 is 5.32 Å². The van der Waals surface area contributed by atoms with Crippen molar-refractivity contribution in [2.24, 2.45) is 5.92 Å².